The lowest BCUT2D eigenvalue weighted by molar-refractivity contribution is -0.144. The minimum Gasteiger partial charge on any atom is -0.381 e. The van der Waals surface area contributed by atoms with Crippen LogP contribution < -0.4 is 5.32 Å². The van der Waals surface area contributed by atoms with Crippen LogP contribution in [0, 0.1) is 11.3 Å². The first kappa shape index (κ1) is 16.2. The molecule has 3 rings (SSSR count). The van der Waals surface area contributed by atoms with E-state index in [4.69, 9.17) is 4.74 Å². The van der Waals surface area contributed by atoms with E-state index in [0.717, 1.165) is 71.2 Å². The molecule has 0 aromatic carbocycles. The van der Waals surface area contributed by atoms with Gasteiger partial charge < -0.3 is 19.9 Å². The summed E-state index contributed by atoms with van der Waals surface area (Å²) in [5, 5.41) is 3.33. The highest BCUT2D eigenvalue weighted by Crippen LogP contribution is 2.34. The number of hydrogen-bond acceptors (Lipinski definition) is 4. The number of ether oxygens (including phenoxy) is 1. The number of amides is 1. The van der Waals surface area contributed by atoms with E-state index < -0.39 is 0 Å². The van der Waals surface area contributed by atoms with Crippen LogP contribution in [0.4, 0.5) is 0 Å². The largest absolute Gasteiger partial charge is 0.381 e. The van der Waals surface area contributed by atoms with Gasteiger partial charge in [-0.2, -0.15) is 0 Å². The number of carbonyl (C=O) groups is 1. The van der Waals surface area contributed by atoms with Gasteiger partial charge in [-0.05, 0) is 44.7 Å². The van der Waals surface area contributed by atoms with Gasteiger partial charge >= 0.3 is 0 Å². The summed E-state index contributed by atoms with van der Waals surface area (Å²) in [6, 6.07) is 0. The average Bonchev–Trinajstić information content (AvgIpc) is 2.58. The second-order valence-corrected chi connectivity index (χ2v) is 7.46. The Bertz CT molecular complexity index is 368. The van der Waals surface area contributed by atoms with Crippen LogP contribution in [0.5, 0.6) is 0 Å². The van der Waals surface area contributed by atoms with Gasteiger partial charge in [0.15, 0.2) is 0 Å². The van der Waals surface area contributed by atoms with E-state index in [1.165, 1.54) is 19.4 Å². The molecule has 0 bridgehead atoms. The molecule has 3 aliphatic rings. The van der Waals surface area contributed by atoms with Crippen molar-refractivity contribution in [1.82, 2.24) is 15.1 Å². The smallest absolute Gasteiger partial charge is 0.228 e. The zero-order valence-corrected chi connectivity index (χ0v) is 14.0. The Balaban J connectivity index is 1.47. The third kappa shape index (κ3) is 3.81. The van der Waals surface area contributed by atoms with Crippen molar-refractivity contribution in [3.63, 3.8) is 0 Å². The Morgan fingerprint density at radius 1 is 1.14 bits per heavy atom. The van der Waals surface area contributed by atoms with Crippen molar-refractivity contribution in [2.24, 2.45) is 11.3 Å². The fourth-order valence-corrected chi connectivity index (χ4v) is 3.99. The highest BCUT2D eigenvalue weighted by molar-refractivity contribution is 5.82. The van der Waals surface area contributed by atoms with Crippen LogP contribution in [0.15, 0.2) is 0 Å². The molecule has 0 saturated carbocycles. The molecule has 5 nitrogen and oxygen atoms in total. The summed E-state index contributed by atoms with van der Waals surface area (Å²) in [5.41, 5.74) is -0.135. The maximum absolute atomic E-state index is 12.8. The number of nitrogens with one attached hydrogen (secondary N) is 1. The standard InChI is InChI=1S/C17H31N3O2/c1-17(16(21)20-10-6-18-7-11-20)4-8-19(9-5-17)14-15-2-12-22-13-3-15/h15,18H,2-14H2,1H3. The van der Waals surface area contributed by atoms with Gasteiger partial charge in [0.25, 0.3) is 0 Å². The minimum absolute atomic E-state index is 0.135. The Morgan fingerprint density at radius 2 is 1.77 bits per heavy atom. The molecule has 1 amide bonds. The summed E-state index contributed by atoms with van der Waals surface area (Å²) in [7, 11) is 0. The molecule has 3 heterocycles. The Labute approximate surface area is 134 Å². The third-order valence-corrected chi connectivity index (χ3v) is 5.74. The third-order valence-electron chi connectivity index (χ3n) is 5.74. The van der Waals surface area contributed by atoms with Crippen LogP contribution >= 0.6 is 0 Å². The molecule has 0 radical (unpaired) electrons. The highest BCUT2D eigenvalue weighted by atomic mass is 16.5. The second kappa shape index (κ2) is 7.28. The second-order valence-electron chi connectivity index (χ2n) is 7.46. The quantitative estimate of drug-likeness (QED) is 0.843. The summed E-state index contributed by atoms with van der Waals surface area (Å²) >= 11 is 0. The molecule has 0 unspecified atom stereocenters. The van der Waals surface area contributed by atoms with Gasteiger partial charge in [-0.1, -0.05) is 6.92 Å². The lowest BCUT2D eigenvalue weighted by Gasteiger charge is -2.43. The van der Waals surface area contributed by atoms with E-state index in [0.29, 0.717) is 5.91 Å². The topological polar surface area (TPSA) is 44.8 Å². The molecule has 0 spiro atoms. The average molecular weight is 309 g/mol. The lowest BCUT2D eigenvalue weighted by Crippen LogP contribution is -2.54. The molecule has 126 valence electrons. The molecule has 5 heteroatoms. The van der Waals surface area contributed by atoms with E-state index in [-0.39, 0.29) is 5.41 Å². The van der Waals surface area contributed by atoms with Crippen molar-refractivity contribution in [1.29, 1.82) is 0 Å². The Kier molecular flexibility index (Phi) is 5.37. The number of nitrogens with zero attached hydrogens (tertiary/aromatic N) is 2. The van der Waals surface area contributed by atoms with E-state index in [9.17, 15) is 4.79 Å². The summed E-state index contributed by atoms with van der Waals surface area (Å²) < 4.78 is 5.45. The first-order valence-corrected chi connectivity index (χ1v) is 8.98. The molecule has 0 atom stereocenters. The number of likely N-dealkylation sites (tertiary alicyclic amines) is 1. The Morgan fingerprint density at radius 3 is 2.41 bits per heavy atom. The van der Waals surface area contributed by atoms with Gasteiger partial charge in [0.1, 0.15) is 0 Å². The summed E-state index contributed by atoms with van der Waals surface area (Å²) in [4.78, 5) is 17.5. The van der Waals surface area contributed by atoms with E-state index in [1.807, 2.05) is 0 Å². The van der Waals surface area contributed by atoms with Crippen LogP contribution in [0.3, 0.4) is 0 Å². The van der Waals surface area contributed by atoms with Gasteiger partial charge in [-0.25, -0.2) is 0 Å². The minimum atomic E-state index is -0.135. The zero-order chi connectivity index (χ0) is 15.4. The van der Waals surface area contributed by atoms with Crippen LogP contribution in [0.25, 0.3) is 0 Å². The van der Waals surface area contributed by atoms with Gasteiger partial charge in [-0.15, -0.1) is 0 Å². The van der Waals surface area contributed by atoms with Gasteiger partial charge in [0, 0.05) is 51.4 Å². The van der Waals surface area contributed by atoms with Gasteiger partial charge in [0.05, 0.1) is 0 Å². The highest BCUT2D eigenvalue weighted by Gasteiger charge is 2.40. The predicted molar refractivity (Wildman–Crippen MR) is 86.8 cm³/mol. The van der Waals surface area contributed by atoms with E-state index in [1.54, 1.807) is 0 Å². The van der Waals surface area contributed by atoms with Gasteiger partial charge in [-0.3, -0.25) is 4.79 Å². The lowest BCUT2D eigenvalue weighted by atomic mass is 9.78. The molecule has 1 N–H and O–H groups in total. The van der Waals surface area contributed by atoms with Crippen LogP contribution in [0.2, 0.25) is 0 Å². The number of rotatable bonds is 3. The van der Waals surface area contributed by atoms with Crippen molar-refractivity contribution in [2.45, 2.75) is 32.6 Å². The van der Waals surface area contributed by atoms with Crippen LogP contribution in [-0.4, -0.2) is 74.7 Å². The number of hydrogen-bond donors (Lipinski definition) is 1. The van der Waals surface area contributed by atoms with Crippen molar-refractivity contribution in [2.75, 3.05) is 59.0 Å². The van der Waals surface area contributed by atoms with E-state index in [2.05, 4.69) is 22.0 Å². The molecule has 0 aliphatic carbocycles. The van der Waals surface area contributed by atoms with Crippen LogP contribution in [-0.2, 0) is 9.53 Å². The number of piperidine rings is 1. The molecular formula is C17H31N3O2. The van der Waals surface area contributed by atoms with Crippen molar-refractivity contribution >= 4 is 5.91 Å². The predicted octanol–water partition coefficient (Wildman–Crippen LogP) is 0.947. The number of carbonyl (C=O) groups excluding carboxylic acids is 1. The summed E-state index contributed by atoms with van der Waals surface area (Å²) in [6.07, 6.45) is 4.43. The molecule has 22 heavy (non-hydrogen) atoms. The first-order valence-electron chi connectivity index (χ1n) is 8.98. The van der Waals surface area contributed by atoms with Crippen molar-refractivity contribution in [3.05, 3.63) is 0 Å². The molecule has 3 saturated heterocycles. The number of piperazine rings is 1. The first-order chi connectivity index (χ1) is 10.7. The van der Waals surface area contributed by atoms with Crippen molar-refractivity contribution < 1.29 is 9.53 Å². The van der Waals surface area contributed by atoms with E-state index >= 15 is 0 Å². The maximum Gasteiger partial charge on any atom is 0.228 e. The van der Waals surface area contributed by atoms with Gasteiger partial charge in [0.2, 0.25) is 5.91 Å². The molecule has 0 aromatic rings. The summed E-state index contributed by atoms with van der Waals surface area (Å²) in [6.45, 7) is 11.0. The normalized spacial score (nSPS) is 27.8. The molecule has 3 aliphatic heterocycles. The Hall–Kier alpha value is -0.650. The van der Waals surface area contributed by atoms with Crippen molar-refractivity contribution in [3.8, 4) is 0 Å². The molecule has 0 aromatic heterocycles. The molecular weight excluding hydrogens is 278 g/mol. The SMILES string of the molecule is CC1(C(=O)N2CCNCC2)CCN(CC2CCOCC2)CC1. The fraction of sp³-hybridized carbons (Fsp3) is 0.941. The molecule has 3 fully saturated rings. The monoisotopic (exact) mass is 309 g/mol. The maximum atomic E-state index is 12.8. The zero-order valence-electron chi connectivity index (χ0n) is 14.0. The summed E-state index contributed by atoms with van der Waals surface area (Å²) in [5.74, 6) is 1.18. The fourth-order valence-electron chi connectivity index (χ4n) is 3.99. The van der Waals surface area contributed by atoms with Crippen LogP contribution in [0.1, 0.15) is 32.6 Å².